The molecule has 0 spiro atoms. The zero-order valence-electron chi connectivity index (χ0n) is 13.7. The van der Waals surface area contributed by atoms with E-state index in [0.29, 0.717) is 19.0 Å². The van der Waals surface area contributed by atoms with Crippen LogP contribution in [0, 0.1) is 11.8 Å². The number of hydrogen-bond acceptors (Lipinski definition) is 3. The van der Waals surface area contributed by atoms with Crippen molar-refractivity contribution >= 4 is 6.03 Å². The van der Waals surface area contributed by atoms with E-state index in [1.807, 2.05) is 18.2 Å². The van der Waals surface area contributed by atoms with Crippen molar-refractivity contribution in [3.8, 4) is 0 Å². The third-order valence-corrected chi connectivity index (χ3v) is 4.24. The predicted molar refractivity (Wildman–Crippen MR) is 86.3 cm³/mol. The minimum absolute atomic E-state index is 0.0561. The molecular formula is C17H27N3O2. The summed E-state index contributed by atoms with van der Waals surface area (Å²) in [6.07, 6.45) is 3.12. The molecule has 2 rings (SSSR count). The molecular weight excluding hydrogens is 278 g/mol. The molecule has 1 aromatic rings. The highest BCUT2D eigenvalue weighted by atomic mass is 16.3. The van der Waals surface area contributed by atoms with Crippen molar-refractivity contribution in [1.29, 1.82) is 0 Å². The van der Waals surface area contributed by atoms with Gasteiger partial charge in [-0.3, -0.25) is 4.98 Å². The van der Waals surface area contributed by atoms with Gasteiger partial charge in [0.25, 0.3) is 0 Å². The molecule has 1 aliphatic heterocycles. The Morgan fingerprint density at radius 1 is 1.45 bits per heavy atom. The third kappa shape index (κ3) is 4.44. The van der Waals surface area contributed by atoms with Gasteiger partial charge in [0.1, 0.15) is 0 Å². The number of nitrogens with one attached hydrogen (secondary N) is 1. The van der Waals surface area contributed by atoms with Crippen LogP contribution in [0.25, 0.3) is 0 Å². The fourth-order valence-electron chi connectivity index (χ4n) is 2.91. The van der Waals surface area contributed by atoms with Gasteiger partial charge in [-0.1, -0.05) is 19.9 Å². The maximum absolute atomic E-state index is 12.5. The summed E-state index contributed by atoms with van der Waals surface area (Å²) in [5.74, 6) is 0.653. The van der Waals surface area contributed by atoms with E-state index in [1.165, 1.54) is 0 Å². The van der Waals surface area contributed by atoms with Crippen molar-refractivity contribution in [2.75, 3.05) is 13.1 Å². The van der Waals surface area contributed by atoms with Crippen molar-refractivity contribution in [1.82, 2.24) is 15.2 Å². The van der Waals surface area contributed by atoms with Crippen LogP contribution in [0.4, 0.5) is 4.79 Å². The fourth-order valence-corrected chi connectivity index (χ4v) is 2.91. The van der Waals surface area contributed by atoms with Crippen LogP contribution in [0.2, 0.25) is 0 Å². The van der Waals surface area contributed by atoms with Gasteiger partial charge in [-0.25, -0.2) is 4.79 Å². The lowest BCUT2D eigenvalue weighted by atomic mass is 10.0. The molecule has 0 saturated carbocycles. The molecule has 22 heavy (non-hydrogen) atoms. The van der Waals surface area contributed by atoms with E-state index < -0.39 is 0 Å². The van der Waals surface area contributed by atoms with Crippen LogP contribution in [-0.4, -0.2) is 40.2 Å². The monoisotopic (exact) mass is 305 g/mol. The van der Waals surface area contributed by atoms with Crippen LogP contribution in [-0.2, 0) is 0 Å². The van der Waals surface area contributed by atoms with Crippen LogP contribution in [0.1, 0.15) is 45.3 Å². The van der Waals surface area contributed by atoms with Gasteiger partial charge in [-0.2, -0.15) is 0 Å². The summed E-state index contributed by atoms with van der Waals surface area (Å²) in [6, 6.07) is 5.65. The molecule has 3 atom stereocenters. The van der Waals surface area contributed by atoms with Crippen LogP contribution < -0.4 is 5.32 Å². The molecule has 5 nitrogen and oxygen atoms in total. The van der Waals surface area contributed by atoms with E-state index in [0.717, 1.165) is 18.5 Å². The van der Waals surface area contributed by atoms with Gasteiger partial charge in [0.15, 0.2) is 0 Å². The lowest BCUT2D eigenvalue weighted by molar-refractivity contribution is 0.129. The first-order chi connectivity index (χ1) is 10.5. The Balaban J connectivity index is 2.00. The fraction of sp³-hybridized carbons (Fsp3) is 0.647. The second kappa shape index (κ2) is 7.58. The van der Waals surface area contributed by atoms with Crippen LogP contribution in [0.3, 0.4) is 0 Å². The molecule has 2 N–H and O–H groups in total. The SMILES string of the molecule is CC(C)CC(NC(=O)N1CCC(C(C)O)C1)c1ccccn1. The van der Waals surface area contributed by atoms with Gasteiger partial charge in [-0.15, -0.1) is 0 Å². The first kappa shape index (κ1) is 16.7. The van der Waals surface area contributed by atoms with Crippen molar-refractivity contribution < 1.29 is 9.90 Å². The molecule has 2 heterocycles. The number of hydrogen-bond donors (Lipinski definition) is 2. The van der Waals surface area contributed by atoms with Crippen LogP contribution in [0.15, 0.2) is 24.4 Å². The number of rotatable bonds is 5. The Bertz CT molecular complexity index is 476. The Morgan fingerprint density at radius 2 is 2.23 bits per heavy atom. The summed E-state index contributed by atoms with van der Waals surface area (Å²) in [5.41, 5.74) is 0.899. The average Bonchev–Trinajstić information content (AvgIpc) is 2.97. The number of carbonyl (C=O) groups excluding carboxylic acids is 1. The summed E-state index contributed by atoms with van der Waals surface area (Å²) in [4.78, 5) is 18.7. The predicted octanol–water partition coefficient (Wildman–Crippen LogP) is 2.58. The number of pyridine rings is 1. The Hall–Kier alpha value is -1.62. The summed E-state index contributed by atoms with van der Waals surface area (Å²) in [5, 5.41) is 12.8. The van der Waals surface area contributed by atoms with Crippen LogP contribution >= 0.6 is 0 Å². The highest BCUT2D eigenvalue weighted by Gasteiger charge is 2.30. The Labute approximate surface area is 132 Å². The number of aromatic nitrogens is 1. The molecule has 1 saturated heterocycles. The minimum atomic E-state index is -0.361. The van der Waals surface area contributed by atoms with E-state index in [2.05, 4.69) is 24.1 Å². The normalized spacial score (nSPS) is 21.0. The largest absolute Gasteiger partial charge is 0.393 e. The van der Waals surface area contributed by atoms with Gasteiger partial charge >= 0.3 is 6.03 Å². The maximum atomic E-state index is 12.5. The molecule has 0 aliphatic carbocycles. The molecule has 5 heteroatoms. The lowest BCUT2D eigenvalue weighted by Crippen LogP contribution is -2.41. The molecule has 122 valence electrons. The van der Waals surface area contributed by atoms with Crippen molar-refractivity contribution in [2.45, 2.75) is 45.8 Å². The van der Waals surface area contributed by atoms with Gasteiger partial charge in [-0.05, 0) is 37.8 Å². The Morgan fingerprint density at radius 3 is 2.77 bits per heavy atom. The van der Waals surface area contributed by atoms with Gasteiger partial charge in [0, 0.05) is 25.2 Å². The second-order valence-corrected chi connectivity index (χ2v) is 6.62. The third-order valence-electron chi connectivity index (χ3n) is 4.24. The van der Waals surface area contributed by atoms with Gasteiger partial charge in [0.05, 0.1) is 17.8 Å². The van der Waals surface area contributed by atoms with Crippen molar-refractivity contribution in [3.05, 3.63) is 30.1 Å². The number of aliphatic hydroxyl groups is 1. The first-order valence-electron chi connectivity index (χ1n) is 8.11. The molecule has 0 aromatic carbocycles. The maximum Gasteiger partial charge on any atom is 0.317 e. The zero-order valence-corrected chi connectivity index (χ0v) is 13.7. The highest BCUT2D eigenvalue weighted by molar-refractivity contribution is 5.75. The Kier molecular flexibility index (Phi) is 5.77. The highest BCUT2D eigenvalue weighted by Crippen LogP contribution is 2.23. The average molecular weight is 305 g/mol. The summed E-state index contributed by atoms with van der Waals surface area (Å²) in [6.45, 7) is 7.41. The number of likely N-dealkylation sites (tertiary alicyclic amines) is 1. The van der Waals surface area contributed by atoms with E-state index >= 15 is 0 Å². The molecule has 0 radical (unpaired) electrons. The van der Waals surface area contributed by atoms with Gasteiger partial charge in [0.2, 0.25) is 0 Å². The molecule has 0 bridgehead atoms. The van der Waals surface area contributed by atoms with E-state index in [-0.39, 0.29) is 24.1 Å². The quantitative estimate of drug-likeness (QED) is 0.878. The molecule has 1 aromatic heterocycles. The topological polar surface area (TPSA) is 65.5 Å². The van der Waals surface area contributed by atoms with Crippen molar-refractivity contribution in [3.63, 3.8) is 0 Å². The van der Waals surface area contributed by atoms with Gasteiger partial charge < -0.3 is 15.3 Å². The van der Waals surface area contributed by atoms with E-state index in [9.17, 15) is 9.90 Å². The summed E-state index contributed by atoms with van der Waals surface area (Å²) in [7, 11) is 0. The lowest BCUT2D eigenvalue weighted by Gasteiger charge is -2.24. The van der Waals surface area contributed by atoms with E-state index in [4.69, 9.17) is 0 Å². The second-order valence-electron chi connectivity index (χ2n) is 6.62. The first-order valence-corrected chi connectivity index (χ1v) is 8.11. The summed E-state index contributed by atoms with van der Waals surface area (Å²) < 4.78 is 0. The smallest absolute Gasteiger partial charge is 0.317 e. The zero-order chi connectivity index (χ0) is 16.1. The molecule has 1 fully saturated rings. The minimum Gasteiger partial charge on any atom is -0.393 e. The molecule has 3 unspecified atom stereocenters. The van der Waals surface area contributed by atoms with Crippen LogP contribution in [0.5, 0.6) is 0 Å². The molecule has 1 aliphatic rings. The number of nitrogens with zero attached hydrogens (tertiary/aromatic N) is 2. The van der Waals surface area contributed by atoms with Crippen molar-refractivity contribution in [2.24, 2.45) is 11.8 Å². The summed E-state index contributed by atoms with van der Waals surface area (Å²) >= 11 is 0. The number of aliphatic hydroxyl groups excluding tert-OH is 1. The standard InChI is InChI=1S/C17H27N3O2/c1-12(2)10-16(15-6-4-5-8-18-15)19-17(22)20-9-7-14(11-20)13(3)21/h4-6,8,12-14,16,21H,7,9-11H2,1-3H3,(H,19,22). The molecule has 2 amide bonds. The number of carbonyl (C=O) groups is 1. The van der Waals surface area contributed by atoms with E-state index in [1.54, 1.807) is 18.0 Å². The number of amides is 2. The number of urea groups is 1.